The van der Waals surface area contributed by atoms with Crippen molar-refractivity contribution in [1.82, 2.24) is 0 Å². The molecule has 0 saturated carbocycles. The van der Waals surface area contributed by atoms with Crippen LogP contribution in [0.3, 0.4) is 0 Å². The summed E-state index contributed by atoms with van der Waals surface area (Å²) >= 11 is 4.42. The van der Waals surface area contributed by atoms with Crippen LogP contribution in [0.1, 0.15) is 5.56 Å². The van der Waals surface area contributed by atoms with Gasteiger partial charge in [0, 0.05) is 0 Å². The maximum Gasteiger partial charge on any atom is 0.425 e. The van der Waals surface area contributed by atoms with Gasteiger partial charge >= 0.3 is 23.4 Å². The molecule has 12 heteroatoms. The largest absolute Gasteiger partial charge is 0.425 e. The highest BCUT2D eigenvalue weighted by Crippen LogP contribution is 2.49. The zero-order valence-electron chi connectivity index (χ0n) is 10.5. The Morgan fingerprint density at radius 1 is 0.870 bits per heavy atom. The van der Waals surface area contributed by atoms with Gasteiger partial charge in [-0.3, -0.25) is 4.79 Å². The van der Waals surface area contributed by atoms with Crippen LogP contribution in [-0.2, 0) is 11.0 Å². The van der Waals surface area contributed by atoms with Crippen molar-refractivity contribution in [3.8, 4) is 0 Å². The zero-order chi connectivity index (χ0) is 18.3. The number of para-hydroxylation sites is 1. The molecule has 0 atom stereocenters. The number of alkyl halides is 10. The first-order valence-corrected chi connectivity index (χ1v) is 5.80. The van der Waals surface area contributed by atoms with Crippen molar-refractivity contribution < 1.29 is 44.3 Å². The molecule has 0 saturated heterocycles. The lowest BCUT2D eigenvalue weighted by Gasteiger charge is -2.30. The predicted molar refractivity (Wildman–Crippen MR) is 60.8 cm³/mol. The van der Waals surface area contributed by atoms with Gasteiger partial charge in [0.25, 0.3) is 5.91 Å². The number of rotatable bonds is 2. The minimum atomic E-state index is -6.29. The predicted octanol–water partition coefficient (Wildman–Crippen LogP) is 4.75. The molecule has 1 N–H and O–H groups in total. The summed E-state index contributed by atoms with van der Waals surface area (Å²) in [5.74, 6) is -2.89. The Balaban J connectivity index is 3.32. The van der Waals surface area contributed by atoms with E-state index in [4.69, 9.17) is 0 Å². The Hall–Kier alpha value is -1.65. The van der Waals surface area contributed by atoms with Gasteiger partial charge < -0.3 is 5.32 Å². The van der Waals surface area contributed by atoms with Gasteiger partial charge in [0.1, 0.15) is 0 Å². The molecule has 1 aromatic rings. The molecule has 1 aromatic carbocycles. The molecule has 0 fully saturated rings. The molecular weight excluding hydrogens is 369 g/mol. The fraction of sp³-hybridized carbons (Fsp3) is 0.364. The summed E-state index contributed by atoms with van der Waals surface area (Å²) in [5.41, 5.74) is -2.92. The van der Waals surface area contributed by atoms with Crippen LogP contribution in [0, 0.1) is 0 Å². The average molecular weight is 374 g/mol. The van der Waals surface area contributed by atoms with Crippen LogP contribution in [0.4, 0.5) is 45.2 Å². The molecule has 0 unspecified atom stereocenters. The lowest BCUT2D eigenvalue weighted by molar-refractivity contribution is -0.258. The Morgan fingerprint density at radius 2 is 1.30 bits per heavy atom. The SMILES string of the molecule is O=C(Nc1ccccc1C(F)(F)F)C(Cl)(C(F)(F)F)C(F)(F)F. The van der Waals surface area contributed by atoms with Crippen molar-refractivity contribution in [2.24, 2.45) is 0 Å². The molecule has 0 bridgehead atoms. The first-order chi connectivity index (χ1) is 10.1. The van der Waals surface area contributed by atoms with Crippen molar-refractivity contribution >= 4 is 23.2 Å². The van der Waals surface area contributed by atoms with Crippen molar-refractivity contribution in [1.29, 1.82) is 0 Å². The Bertz CT molecular complexity index is 576. The summed E-state index contributed by atoms with van der Waals surface area (Å²) < 4.78 is 113. The lowest BCUT2D eigenvalue weighted by Crippen LogP contribution is -2.60. The van der Waals surface area contributed by atoms with E-state index < -0.39 is 40.6 Å². The van der Waals surface area contributed by atoms with Crippen LogP contribution in [0.2, 0.25) is 0 Å². The molecule has 23 heavy (non-hydrogen) atoms. The number of carbonyl (C=O) groups is 1. The van der Waals surface area contributed by atoms with E-state index in [2.05, 4.69) is 11.6 Å². The highest BCUT2D eigenvalue weighted by molar-refractivity contribution is 6.38. The molecule has 1 rings (SSSR count). The number of anilines is 1. The molecule has 0 aromatic heterocycles. The van der Waals surface area contributed by atoms with Gasteiger partial charge in [0.15, 0.2) is 0 Å². The number of halogens is 10. The summed E-state index contributed by atoms with van der Waals surface area (Å²) in [6.45, 7) is 0. The average Bonchev–Trinajstić information content (AvgIpc) is 2.34. The fourth-order valence-electron chi connectivity index (χ4n) is 1.47. The van der Waals surface area contributed by atoms with Crippen molar-refractivity contribution in [3.63, 3.8) is 0 Å². The second kappa shape index (κ2) is 5.77. The molecule has 0 aliphatic heterocycles. The van der Waals surface area contributed by atoms with Gasteiger partial charge in [0.05, 0.1) is 11.3 Å². The summed E-state index contributed by atoms with van der Waals surface area (Å²) in [4.78, 5) is 5.97. The zero-order valence-corrected chi connectivity index (χ0v) is 11.3. The van der Waals surface area contributed by atoms with Gasteiger partial charge in [0.2, 0.25) is 0 Å². The van der Waals surface area contributed by atoms with Gasteiger partial charge in [-0.1, -0.05) is 23.7 Å². The van der Waals surface area contributed by atoms with Gasteiger partial charge in [-0.25, -0.2) is 0 Å². The first-order valence-electron chi connectivity index (χ1n) is 5.42. The summed E-state index contributed by atoms with van der Waals surface area (Å²) in [7, 11) is 0. The van der Waals surface area contributed by atoms with Crippen molar-refractivity contribution in [2.75, 3.05) is 5.32 Å². The second-order valence-electron chi connectivity index (χ2n) is 4.15. The van der Waals surface area contributed by atoms with Gasteiger partial charge in [-0.2, -0.15) is 39.5 Å². The standard InChI is InChI=1S/C11H5ClF9NO/c12-8(10(16,17)18,11(19,20)21)7(23)22-6-4-2-1-3-5(6)9(13,14)15/h1-4H,(H,22,23). The molecule has 0 aliphatic rings. The molecule has 0 spiro atoms. The highest BCUT2D eigenvalue weighted by atomic mass is 35.5. The van der Waals surface area contributed by atoms with E-state index in [1.807, 2.05) is 0 Å². The summed E-state index contributed by atoms with van der Waals surface area (Å²) in [5, 5.41) is 0.940. The fourth-order valence-corrected chi connectivity index (χ4v) is 1.51. The maximum absolute atomic E-state index is 12.6. The molecule has 0 aliphatic carbocycles. The van der Waals surface area contributed by atoms with E-state index in [1.54, 1.807) is 0 Å². The van der Waals surface area contributed by atoms with E-state index in [1.165, 1.54) is 0 Å². The van der Waals surface area contributed by atoms with Crippen LogP contribution in [0.5, 0.6) is 0 Å². The normalized spacial score (nSPS) is 13.8. The van der Waals surface area contributed by atoms with E-state index in [9.17, 15) is 44.3 Å². The molecular formula is C11H5ClF9NO. The minimum Gasteiger partial charge on any atom is -0.323 e. The molecule has 0 radical (unpaired) electrons. The van der Waals surface area contributed by atoms with Crippen molar-refractivity contribution in [3.05, 3.63) is 29.8 Å². The minimum absolute atomic E-state index is 0.368. The first kappa shape index (κ1) is 19.4. The summed E-state index contributed by atoms with van der Waals surface area (Å²) in [6.07, 6.45) is -17.7. The third-order valence-corrected chi connectivity index (χ3v) is 3.17. The number of hydrogen-bond donors (Lipinski definition) is 1. The van der Waals surface area contributed by atoms with Crippen LogP contribution < -0.4 is 5.32 Å². The van der Waals surface area contributed by atoms with Crippen LogP contribution in [0.25, 0.3) is 0 Å². The smallest absolute Gasteiger partial charge is 0.323 e. The third kappa shape index (κ3) is 3.65. The Kier molecular flexibility index (Phi) is 4.86. The van der Waals surface area contributed by atoms with Gasteiger partial charge in [-0.05, 0) is 12.1 Å². The quantitative estimate of drug-likeness (QED) is 0.588. The van der Waals surface area contributed by atoms with Crippen molar-refractivity contribution in [2.45, 2.75) is 23.4 Å². The number of benzene rings is 1. The maximum atomic E-state index is 12.6. The monoisotopic (exact) mass is 373 g/mol. The van der Waals surface area contributed by atoms with Crippen LogP contribution >= 0.6 is 11.6 Å². The number of hydrogen-bond acceptors (Lipinski definition) is 1. The molecule has 0 heterocycles. The lowest BCUT2D eigenvalue weighted by atomic mass is 10.1. The van der Waals surface area contributed by atoms with Crippen LogP contribution in [-0.4, -0.2) is 23.1 Å². The number of nitrogens with one attached hydrogen (secondary N) is 1. The highest BCUT2D eigenvalue weighted by Gasteiger charge is 2.75. The third-order valence-electron chi connectivity index (χ3n) is 2.57. The Morgan fingerprint density at radius 3 is 1.70 bits per heavy atom. The summed E-state index contributed by atoms with van der Waals surface area (Å²) in [6, 6.07) is 2.57. The number of carbonyl (C=O) groups excluding carboxylic acids is 1. The Labute approximate surface area is 127 Å². The molecule has 130 valence electrons. The second-order valence-corrected chi connectivity index (χ2v) is 4.72. The van der Waals surface area contributed by atoms with Gasteiger partial charge in [-0.15, -0.1) is 0 Å². The number of amides is 1. The van der Waals surface area contributed by atoms with E-state index >= 15 is 0 Å². The van der Waals surface area contributed by atoms with E-state index in [-0.39, 0.29) is 0 Å². The van der Waals surface area contributed by atoms with E-state index in [0.717, 1.165) is 17.4 Å². The molecule has 2 nitrogen and oxygen atoms in total. The molecule has 1 amide bonds. The van der Waals surface area contributed by atoms with Crippen LogP contribution in [0.15, 0.2) is 24.3 Å². The topological polar surface area (TPSA) is 29.1 Å². The van der Waals surface area contributed by atoms with E-state index in [0.29, 0.717) is 12.1 Å².